The van der Waals surface area contributed by atoms with Crippen LogP contribution in [-0.2, 0) is 19.6 Å². The van der Waals surface area contributed by atoms with E-state index < -0.39 is 0 Å². The number of hydrogen-bond donors (Lipinski definition) is 0. The zero-order valence-corrected chi connectivity index (χ0v) is 13.2. The van der Waals surface area contributed by atoms with Gasteiger partial charge < -0.3 is 14.0 Å². The minimum Gasteiger partial charge on any atom is -0.486 e. The van der Waals surface area contributed by atoms with Gasteiger partial charge in [0.15, 0.2) is 11.5 Å². The van der Waals surface area contributed by atoms with Gasteiger partial charge in [0, 0.05) is 13.1 Å². The summed E-state index contributed by atoms with van der Waals surface area (Å²) >= 11 is 0. The first-order valence-corrected chi connectivity index (χ1v) is 7.70. The maximum absolute atomic E-state index is 5.63. The standard InChI is InChI=1S/C16H22N4O2/c1-3-6-20-12-17-18-16(20)11-19(2)10-13-4-5-14-15(9-13)22-8-7-21-14/h4-5,9,12H,3,6-8,10-11H2,1-2H3. The Balaban J connectivity index is 1.64. The van der Waals surface area contributed by atoms with Crippen molar-refractivity contribution in [3.63, 3.8) is 0 Å². The Labute approximate surface area is 130 Å². The zero-order chi connectivity index (χ0) is 15.4. The van der Waals surface area contributed by atoms with Crippen molar-refractivity contribution in [2.45, 2.75) is 33.0 Å². The maximum atomic E-state index is 5.63. The summed E-state index contributed by atoms with van der Waals surface area (Å²) in [7, 11) is 2.09. The number of rotatable bonds is 6. The summed E-state index contributed by atoms with van der Waals surface area (Å²) in [6.07, 6.45) is 2.88. The summed E-state index contributed by atoms with van der Waals surface area (Å²) in [4.78, 5) is 2.22. The molecular weight excluding hydrogens is 280 g/mol. The first-order valence-electron chi connectivity index (χ1n) is 7.70. The summed E-state index contributed by atoms with van der Waals surface area (Å²) in [6, 6.07) is 6.12. The minimum absolute atomic E-state index is 0.617. The molecule has 3 rings (SSSR count). The first kappa shape index (κ1) is 14.8. The summed E-state index contributed by atoms with van der Waals surface area (Å²) < 4.78 is 13.3. The third-order valence-corrected chi connectivity index (χ3v) is 3.63. The van der Waals surface area contributed by atoms with Gasteiger partial charge in [-0.1, -0.05) is 13.0 Å². The molecule has 0 unspecified atom stereocenters. The largest absolute Gasteiger partial charge is 0.486 e. The maximum Gasteiger partial charge on any atom is 0.161 e. The van der Waals surface area contributed by atoms with Crippen LogP contribution in [0.2, 0.25) is 0 Å². The van der Waals surface area contributed by atoms with Gasteiger partial charge in [-0.05, 0) is 31.2 Å². The van der Waals surface area contributed by atoms with Crippen LogP contribution in [0.5, 0.6) is 11.5 Å². The van der Waals surface area contributed by atoms with E-state index in [1.54, 1.807) is 6.33 Å². The van der Waals surface area contributed by atoms with Crippen LogP contribution in [0.3, 0.4) is 0 Å². The van der Waals surface area contributed by atoms with Crippen LogP contribution >= 0.6 is 0 Å². The van der Waals surface area contributed by atoms with E-state index in [0.29, 0.717) is 13.2 Å². The Hall–Kier alpha value is -2.08. The number of aryl methyl sites for hydroxylation is 1. The molecule has 1 aromatic carbocycles. The normalized spacial score (nSPS) is 13.6. The van der Waals surface area contributed by atoms with Gasteiger partial charge in [0.2, 0.25) is 0 Å². The van der Waals surface area contributed by atoms with Gasteiger partial charge in [0.25, 0.3) is 0 Å². The van der Waals surface area contributed by atoms with Gasteiger partial charge in [-0.25, -0.2) is 0 Å². The van der Waals surface area contributed by atoms with Crippen LogP contribution in [0.15, 0.2) is 24.5 Å². The predicted molar refractivity (Wildman–Crippen MR) is 82.9 cm³/mol. The number of aromatic nitrogens is 3. The molecule has 1 aliphatic rings. The highest BCUT2D eigenvalue weighted by molar-refractivity contribution is 5.43. The molecule has 0 spiro atoms. The Kier molecular flexibility index (Phi) is 4.58. The average Bonchev–Trinajstić information content (AvgIpc) is 2.94. The highest BCUT2D eigenvalue weighted by Gasteiger charge is 2.13. The lowest BCUT2D eigenvalue weighted by Crippen LogP contribution is -2.21. The van der Waals surface area contributed by atoms with Crippen LogP contribution in [0.25, 0.3) is 0 Å². The Morgan fingerprint density at radius 1 is 1.18 bits per heavy atom. The fourth-order valence-corrected chi connectivity index (χ4v) is 2.62. The lowest BCUT2D eigenvalue weighted by Gasteiger charge is -2.21. The summed E-state index contributed by atoms with van der Waals surface area (Å²) in [5.74, 6) is 2.67. The van der Waals surface area contributed by atoms with Gasteiger partial charge in [0.05, 0.1) is 6.54 Å². The number of ether oxygens (including phenoxy) is 2. The molecule has 0 bridgehead atoms. The van der Waals surface area contributed by atoms with Crippen LogP contribution in [-0.4, -0.2) is 39.9 Å². The first-order chi connectivity index (χ1) is 10.8. The summed E-state index contributed by atoms with van der Waals surface area (Å²) in [6.45, 7) is 5.96. The fraction of sp³-hybridized carbons (Fsp3) is 0.500. The molecular formula is C16H22N4O2. The summed E-state index contributed by atoms with van der Waals surface area (Å²) in [5, 5.41) is 8.22. The molecule has 2 heterocycles. The average molecular weight is 302 g/mol. The third kappa shape index (κ3) is 3.39. The van der Waals surface area contributed by atoms with E-state index in [4.69, 9.17) is 9.47 Å². The fourth-order valence-electron chi connectivity index (χ4n) is 2.62. The molecule has 6 nitrogen and oxygen atoms in total. The molecule has 0 N–H and O–H groups in total. The van der Waals surface area contributed by atoms with E-state index >= 15 is 0 Å². The molecule has 0 saturated carbocycles. The Morgan fingerprint density at radius 3 is 2.82 bits per heavy atom. The van der Waals surface area contributed by atoms with E-state index in [2.05, 4.69) is 45.8 Å². The van der Waals surface area contributed by atoms with Crippen LogP contribution in [0, 0.1) is 0 Å². The highest BCUT2D eigenvalue weighted by atomic mass is 16.6. The van der Waals surface area contributed by atoms with Crippen LogP contribution in [0.4, 0.5) is 0 Å². The van der Waals surface area contributed by atoms with Crippen molar-refractivity contribution < 1.29 is 9.47 Å². The van der Waals surface area contributed by atoms with Crippen molar-refractivity contribution in [1.29, 1.82) is 0 Å². The van der Waals surface area contributed by atoms with E-state index in [1.807, 2.05) is 6.07 Å². The highest BCUT2D eigenvalue weighted by Crippen LogP contribution is 2.31. The number of nitrogens with zero attached hydrogens (tertiary/aromatic N) is 4. The minimum atomic E-state index is 0.617. The second-order valence-electron chi connectivity index (χ2n) is 5.59. The molecule has 0 amide bonds. The lowest BCUT2D eigenvalue weighted by atomic mass is 10.2. The molecule has 0 radical (unpaired) electrons. The van der Waals surface area contributed by atoms with Gasteiger partial charge in [-0.3, -0.25) is 4.90 Å². The molecule has 118 valence electrons. The van der Waals surface area contributed by atoms with Crippen molar-refractivity contribution in [3.05, 3.63) is 35.9 Å². The van der Waals surface area contributed by atoms with E-state index in [-0.39, 0.29) is 0 Å². The molecule has 6 heteroatoms. The molecule has 0 aliphatic carbocycles. The topological polar surface area (TPSA) is 52.4 Å². The van der Waals surface area contributed by atoms with Crippen LogP contribution < -0.4 is 9.47 Å². The smallest absolute Gasteiger partial charge is 0.161 e. The molecule has 0 saturated heterocycles. The SMILES string of the molecule is CCCn1cnnc1CN(C)Cc1ccc2c(c1)OCCO2. The summed E-state index contributed by atoms with van der Waals surface area (Å²) in [5.41, 5.74) is 1.20. The van der Waals surface area contributed by atoms with Crippen molar-refractivity contribution in [2.75, 3.05) is 20.3 Å². The number of hydrogen-bond acceptors (Lipinski definition) is 5. The number of benzene rings is 1. The van der Waals surface area contributed by atoms with Crippen molar-refractivity contribution in [3.8, 4) is 11.5 Å². The molecule has 0 fully saturated rings. The second kappa shape index (κ2) is 6.79. The van der Waals surface area contributed by atoms with Crippen molar-refractivity contribution >= 4 is 0 Å². The Morgan fingerprint density at radius 2 is 2.00 bits per heavy atom. The molecule has 2 aromatic rings. The van der Waals surface area contributed by atoms with E-state index in [0.717, 1.165) is 43.4 Å². The zero-order valence-electron chi connectivity index (χ0n) is 13.2. The quantitative estimate of drug-likeness (QED) is 0.818. The molecule has 0 atom stereocenters. The molecule has 1 aromatic heterocycles. The second-order valence-corrected chi connectivity index (χ2v) is 5.59. The predicted octanol–water partition coefficient (Wildman–Crippen LogP) is 2.09. The van der Waals surface area contributed by atoms with Gasteiger partial charge in [0.1, 0.15) is 25.4 Å². The van der Waals surface area contributed by atoms with Crippen LogP contribution in [0.1, 0.15) is 24.7 Å². The van der Waals surface area contributed by atoms with Gasteiger partial charge in [-0.15, -0.1) is 10.2 Å². The van der Waals surface area contributed by atoms with Gasteiger partial charge in [-0.2, -0.15) is 0 Å². The molecule has 22 heavy (non-hydrogen) atoms. The van der Waals surface area contributed by atoms with Crippen molar-refractivity contribution in [2.24, 2.45) is 0 Å². The monoisotopic (exact) mass is 302 g/mol. The van der Waals surface area contributed by atoms with Gasteiger partial charge >= 0.3 is 0 Å². The number of fused-ring (bicyclic) bond motifs is 1. The van der Waals surface area contributed by atoms with Crippen molar-refractivity contribution in [1.82, 2.24) is 19.7 Å². The van der Waals surface area contributed by atoms with E-state index in [1.165, 1.54) is 5.56 Å². The Bertz CT molecular complexity index is 626. The molecule has 1 aliphatic heterocycles. The lowest BCUT2D eigenvalue weighted by molar-refractivity contribution is 0.171. The third-order valence-electron chi connectivity index (χ3n) is 3.63. The van der Waals surface area contributed by atoms with E-state index in [9.17, 15) is 0 Å².